The van der Waals surface area contributed by atoms with Crippen molar-refractivity contribution in [1.82, 2.24) is 0 Å². The summed E-state index contributed by atoms with van der Waals surface area (Å²) in [6.45, 7) is 0. The van der Waals surface area contributed by atoms with Crippen LogP contribution in [0.15, 0.2) is 36.4 Å². The van der Waals surface area contributed by atoms with Gasteiger partial charge in [0.15, 0.2) is 17.9 Å². The van der Waals surface area contributed by atoms with E-state index in [1.54, 1.807) is 0 Å². The molecule has 5 heteroatoms. The van der Waals surface area contributed by atoms with Crippen LogP contribution in [0, 0.1) is 11.6 Å². The van der Waals surface area contributed by atoms with Crippen LogP contribution in [-0.4, -0.2) is 6.29 Å². The van der Waals surface area contributed by atoms with Crippen molar-refractivity contribution in [3.8, 4) is 11.5 Å². The maximum Gasteiger partial charge on any atom is 0.162 e. The van der Waals surface area contributed by atoms with Crippen LogP contribution in [-0.2, 0) is 0 Å². The Kier molecular flexibility index (Phi) is 3.58. The van der Waals surface area contributed by atoms with Crippen LogP contribution in [0.4, 0.5) is 8.78 Å². The van der Waals surface area contributed by atoms with E-state index in [-0.39, 0.29) is 17.1 Å². The van der Waals surface area contributed by atoms with Crippen LogP contribution >= 0.6 is 11.6 Å². The van der Waals surface area contributed by atoms with Crippen LogP contribution in [0.25, 0.3) is 0 Å². The summed E-state index contributed by atoms with van der Waals surface area (Å²) in [4.78, 5) is 10.8. The van der Waals surface area contributed by atoms with Gasteiger partial charge in [0, 0.05) is 11.1 Å². The number of carbonyl (C=O) groups excluding carboxylic acids is 1. The largest absolute Gasteiger partial charge is 0.457 e. The van der Waals surface area contributed by atoms with Crippen LogP contribution in [0.5, 0.6) is 11.5 Å². The van der Waals surface area contributed by atoms with E-state index in [9.17, 15) is 13.6 Å². The van der Waals surface area contributed by atoms with Crippen molar-refractivity contribution < 1.29 is 18.3 Å². The topological polar surface area (TPSA) is 26.3 Å². The highest BCUT2D eigenvalue weighted by molar-refractivity contribution is 6.30. The number of aldehydes is 1. The van der Waals surface area contributed by atoms with E-state index in [0.29, 0.717) is 11.3 Å². The molecule has 0 N–H and O–H groups in total. The predicted molar refractivity (Wildman–Crippen MR) is 63.3 cm³/mol. The smallest absolute Gasteiger partial charge is 0.162 e. The number of ether oxygens (including phenoxy) is 1. The highest BCUT2D eigenvalue weighted by atomic mass is 35.5. The third kappa shape index (κ3) is 2.65. The average Bonchev–Trinajstić information content (AvgIpc) is 2.36. The molecule has 0 saturated heterocycles. The average molecular weight is 269 g/mol. The minimum absolute atomic E-state index is 0.0966. The first-order valence-electron chi connectivity index (χ1n) is 4.98. The molecule has 0 fully saturated rings. The SMILES string of the molecule is O=Cc1cc(Cl)ccc1Oc1ccc(F)c(F)c1. The predicted octanol–water partition coefficient (Wildman–Crippen LogP) is 4.22. The van der Waals surface area contributed by atoms with Crippen LogP contribution in [0.2, 0.25) is 5.02 Å². The first kappa shape index (κ1) is 12.5. The fraction of sp³-hybridized carbons (Fsp3) is 0. The highest BCUT2D eigenvalue weighted by Crippen LogP contribution is 2.27. The van der Waals surface area contributed by atoms with Gasteiger partial charge in [-0.05, 0) is 30.3 Å². The molecule has 0 amide bonds. The van der Waals surface area contributed by atoms with Gasteiger partial charge >= 0.3 is 0 Å². The summed E-state index contributed by atoms with van der Waals surface area (Å²) in [7, 11) is 0. The van der Waals surface area contributed by atoms with E-state index < -0.39 is 11.6 Å². The molecule has 92 valence electrons. The van der Waals surface area contributed by atoms with Crippen LogP contribution in [0.1, 0.15) is 10.4 Å². The zero-order chi connectivity index (χ0) is 13.1. The molecule has 0 saturated carbocycles. The first-order chi connectivity index (χ1) is 8.60. The van der Waals surface area contributed by atoms with Crippen molar-refractivity contribution in [2.75, 3.05) is 0 Å². The second-order valence-electron chi connectivity index (χ2n) is 3.48. The fourth-order valence-corrected chi connectivity index (χ4v) is 1.55. The molecule has 18 heavy (non-hydrogen) atoms. The van der Waals surface area contributed by atoms with Crippen molar-refractivity contribution in [2.24, 2.45) is 0 Å². The zero-order valence-electron chi connectivity index (χ0n) is 8.99. The lowest BCUT2D eigenvalue weighted by Gasteiger charge is -2.08. The van der Waals surface area contributed by atoms with Crippen LogP contribution < -0.4 is 4.74 Å². The van der Waals surface area contributed by atoms with Gasteiger partial charge in [-0.15, -0.1) is 0 Å². The van der Waals surface area contributed by atoms with Crippen LogP contribution in [0.3, 0.4) is 0 Å². The number of hydrogen-bond acceptors (Lipinski definition) is 2. The molecule has 0 atom stereocenters. The molecule has 2 nitrogen and oxygen atoms in total. The molecule has 0 spiro atoms. The van der Waals surface area contributed by atoms with Gasteiger partial charge < -0.3 is 4.74 Å². The Morgan fingerprint density at radius 1 is 1.06 bits per heavy atom. The highest BCUT2D eigenvalue weighted by Gasteiger charge is 2.08. The van der Waals surface area contributed by atoms with Gasteiger partial charge in [-0.2, -0.15) is 0 Å². The lowest BCUT2D eigenvalue weighted by molar-refractivity contribution is 0.112. The Bertz CT molecular complexity index is 600. The molecule has 0 aliphatic carbocycles. The molecule has 0 radical (unpaired) electrons. The quantitative estimate of drug-likeness (QED) is 0.779. The molecule has 2 rings (SSSR count). The molecule has 0 aliphatic rings. The third-order valence-electron chi connectivity index (χ3n) is 2.22. The van der Waals surface area contributed by atoms with Crippen molar-refractivity contribution in [3.05, 3.63) is 58.6 Å². The molecule has 0 bridgehead atoms. The molecular weight excluding hydrogens is 262 g/mol. The Morgan fingerprint density at radius 2 is 1.83 bits per heavy atom. The maximum absolute atomic E-state index is 13.0. The summed E-state index contributed by atoms with van der Waals surface area (Å²) in [5.74, 6) is -1.66. The van der Waals surface area contributed by atoms with Gasteiger partial charge in [-0.3, -0.25) is 4.79 Å². The van der Waals surface area contributed by atoms with E-state index >= 15 is 0 Å². The standard InChI is InChI=1S/C13H7ClF2O2/c14-9-1-4-13(8(5-9)7-17)18-10-2-3-11(15)12(16)6-10/h1-7H. The van der Waals surface area contributed by atoms with Crippen molar-refractivity contribution in [2.45, 2.75) is 0 Å². The summed E-state index contributed by atoms with van der Waals surface area (Å²) in [6, 6.07) is 7.54. The van der Waals surface area contributed by atoms with Crippen molar-refractivity contribution in [3.63, 3.8) is 0 Å². The van der Waals surface area contributed by atoms with E-state index in [2.05, 4.69) is 0 Å². The van der Waals surface area contributed by atoms with Gasteiger partial charge in [0.25, 0.3) is 0 Å². The third-order valence-corrected chi connectivity index (χ3v) is 2.45. The van der Waals surface area contributed by atoms with E-state index in [0.717, 1.165) is 12.1 Å². The van der Waals surface area contributed by atoms with Gasteiger partial charge in [-0.25, -0.2) is 8.78 Å². The summed E-state index contributed by atoms with van der Waals surface area (Å²) < 4.78 is 31.0. The monoisotopic (exact) mass is 268 g/mol. The van der Waals surface area contributed by atoms with Gasteiger partial charge in [0.05, 0.1) is 5.56 Å². The first-order valence-corrected chi connectivity index (χ1v) is 5.35. The molecule has 2 aromatic rings. The number of carbonyl (C=O) groups is 1. The molecular formula is C13H7ClF2O2. The maximum atomic E-state index is 13.0. The molecule has 0 aliphatic heterocycles. The van der Waals surface area contributed by atoms with E-state index in [1.165, 1.54) is 24.3 Å². The minimum atomic E-state index is -1.02. The van der Waals surface area contributed by atoms with Crippen molar-refractivity contribution in [1.29, 1.82) is 0 Å². The number of hydrogen-bond donors (Lipinski definition) is 0. The van der Waals surface area contributed by atoms with Gasteiger partial charge in [0.1, 0.15) is 11.5 Å². The second-order valence-corrected chi connectivity index (χ2v) is 3.91. The zero-order valence-corrected chi connectivity index (χ0v) is 9.75. The number of halogens is 3. The molecule has 0 unspecified atom stereocenters. The molecule has 0 heterocycles. The Balaban J connectivity index is 2.33. The minimum Gasteiger partial charge on any atom is -0.457 e. The summed E-state index contributed by atoms with van der Waals surface area (Å²) in [5, 5.41) is 0.384. The summed E-state index contributed by atoms with van der Waals surface area (Å²) >= 11 is 5.72. The Morgan fingerprint density at radius 3 is 2.50 bits per heavy atom. The van der Waals surface area contributed by atoms with E-state index in [1.807, 2.05) is 0 Å². The Labute approximate surface area is 107 Å². The normalized spacial score (nSPS) is 10.2. The molecule has 0 aromatic heterocycles. The number of benzene rings is 2. The summed E-state index contributed by atoms with van der Waals surface area (Å²) in [5.41, 5.74) is 0.229. The van der Waals surface area contributed by atoms with Gasteiger partial charge in [-0.1, -0.05) is 11.6 Å². The summed E-state index contributed by atoms with van der Waals surface area (Å²) in [6.07, 6.45) is 0.571. The molecule has 2 aromatic carbocycles. The van der Waals surface area contributed by atoms with E-state index in [4.69, 9.17) is 16.3 Å². The van der Waals surface area contributed by atoms with Crippen molar-refractivity contribution >= 4 is 17.9 Å². The fourth-order valence-electron chi connectivity index (χ4n) is 1.37. The number of rotatable bonds is 3. The Hall–Kier alpha value is -1.94. The second kappa shape index (κ2) is 5.14. The lowest BCUT2D eigenvalue weighted by Crippen LogP contribution is -1.92. The lowest BCUT2D eigenvalue weighted by atomic mass is 10.2. The van der Waals surface area contributed by atoms with Gasteiger partial charge in [0.2, 0.25) is 0 Å².